The van der Waals surface area contributed by atoms with Crippen LogP contribution in [-0.2, 0) is 5.41 Å². The van der Waals surface area contributed by atoms with Crippen LogP contribution in [0.3, 0.4) is 0 Å². The van der Waals surface area contributed by atoms with Gasteiger partial charge in [-0.3, -0.25) is 0 Å². The fourth-order valence-corrected chi connectivity index (χ4v) is 10.1. The molecule has 0 aliphatic heterocycles. The van der Waals surface area contributed by atoms with E-state index in [0.717, 1.165) is 57.5 Å². The second-order valence-electron chi connectivity index (χ2n) is 16.3. The first-order valence-corrected chi connectivity index (χ1v) is 21.2. The first kappa shape index (κ1) is 35.4. The number of hydrogen-bond acceptors (Lipinski definition) is 3. The zero-order valence-corrected chi connectivity index (χ0v) is 32.7. The molecule has 0 spiro atoms. The zero-order chi connectivity index (χ0) is 38.0. The average molecular weight is 743 g/mol. The van der Waals surface area contributed by atoms with Crippen LogP contribution in [0.15, 0.2) is 180 Å². The Labute approximate surface area is 337 Å². The monoisotopic (exact) mass is 742 g/mol. The molecule has 8 aromatic rings. The minimum Gasteiger partial charge on any atom is -0.456 e. The highest BCUT2D eigenvalue weighted by molar-refractivity contribution is 6.13. The molecule has 2 fully saturated rings. The molecule has 3 nitrogen and oxygen atoms in total. The molecule has 2 aliphatic carbocycles. The lowest BCUT2D eigenvalue weighted by molar-refractivity contribution is 0.346. The van der Waals surface area contributed by atoms with Crippen molar-refractivity contribution >= 4 is 56.1 Å². The minimum atomic E-state index is -0.0348. The largest absolute Gasteiger partial charge is 0.456 e. The van der Waals surface area contributed by atoms with Gasteiger partial charge in [-0.15, -0.1) is 0 Å². The highest BCUT2D eigenvalue weighted by Gasteiger charge is 2.36. The topological polar surface area (TPSA) is 19.6 Å². The zero-order valence-electron chi connectivity index (χ0n) is 32.7. The number of benzene rings is 7. The summed E-state index contributed by atoms with van der Waals surface area (Å²) in [4.78, 5) is 4.80. The summed E-state index contributed by atoms with van der Waals surface area (Å²) in [6.07, 6.45) is 12.7. The van der Waals surface area contributed by atoms with Gasteiger partial charge in [0.05, 0.1) is 11.1 Å². The fourth-order valence-electron chi connectivity index (χ4n) is 10.1. The standard InChI is InChI=1S/C54H50N2O/c1-5-16-40(17-6-1)41-26-32-47(33-27-41)56(50-23-15-25-52-53(50)49-22-11-12-24-51(49)57-52)48-36-30-43(31-37-48)54(38-13-4-14-39-54)42-28-34-46(35-29-42)55(44-18-7-2-8-19-44)45-20-9-3-10-21-45/h2-3,7-12,15,18-37,40H,1,4-6,13-14,16-17,38-39H2. The van der Waals surface area contributed by atoms with E-state index in [4.69, 9.17) is 4.42 Å². The molecule has 57 heavy (non-hydrogen) atoms. The molecule has 7 aromatic carbocycles. The Morgan fingerprint density at radius 1 is 0.404 bits per heavy atom. The summed E-state index contributed by atoms with van der Waals surface area (Å²) in [5.41, 5.74) is 13.0. The molecule has 0 amide bonds. The number of anilines is 6. The van der Waals surface area contributed by atoms with E-state index in [2.05, 4.69) is 186 Å². The van der Waals surface area contributed by atoms with Gasteiger partial charge in [0.1, 0.15) is 11.2 Å². The van der Waals surface area contributed by atoms with Gasteiger partial charge in [0.2, 0.25) is 0 Å². The van der Waals surface area contributed by atoms with Gasteiger partial charge in [0.15, 0.2) is 0 Å². The van der Waals surface area contributed by atoms with Gasteiger partial charge in [-0.1, -0.05) is 136 Å². The summed E-state index contributed by atoms with van der Waals surface area (Å²) in [5.74, 6) is 0.669. The van der Waals surface area contributed by atoms with Crippen molar-refractivity contribution in [2.75, 3.05) is 9.80 Å². The molecule has 0 bridgehead atoms. The maximum Gasteiger partial charge on any atom is 0.137 e. The molecule has 1 aromatic heterocycles. The van der Waals surface area contributed by atoms with Gasteiger partial charge >= 0.3 is 0 Å². The van der Waals surface area contributed by atoms with Crippen molar-refractivity contribution in [2.24, 2.45) is 0 Å². The predicted octanol–water partition coefficient (Wildman–Crippen LogP) is 15.8. The lowest BCUT2D eigenvalue weighted by Crippen LogP contribution is -2.30. The molecule has 1 heterocycles. The molecule has 0 radical (unpaired) electrons. The molecule has 0 atom stereocenters. The molecule has 0 unspecified atom stereocenters. The van der Waals surface area contributed by atoms with E-state index < -0.39 is 0 Å². The average Bonchev–Trinajstić information content (AvgIpc) is 3.68. The van der Waals surface area contributed by atoms with Crippen molar-refractivity contribution in [3.05, 3.63) is 193 Å². The van der Waals surface area contributed by atoms with Crippen molar-refractivity contribution in [3.8, 4) is 0 Å². The Hall–Kier alpha value is -6.06. The molecular formula is C54H50N2O. The Bertz CT molecular complexity index is 2520. The van der Waals surface area contributed by atoms with Crippen LogP contribution in [0.2, 0.25) is 0 Å². The van der Waals surface area contributed by atoms with Gasteiger partial charge in [0.25, 0.3) is 0 Å². The smallest absolute Gasteiger partial charge is 0.137 e. The highest BCUT2D eigenvalue weighted by Crippen LogP contribution is 2.48. The normalized spacial score (nSPS) is 15.8. The highest BCUT2D eigenvalue weighted by atomic mass is 16.3. The number of rotatable bonds is 9. The first-order valence-electron chi connectivity index (χ1n) is 21.2. The Morgan fingerprint density at radius 2 is 0.895 bits per heavy atom. The van der Waals surface area contributed by atoms with Crippen LogP contribution < -0.4 is 9.80 Å². The van der Waals surface area contributed by atoms with Gasteiger partial charge in [-0.25, -0.2) is 0 Å². The van der Waals surface area contributed by atoms with Gasteiger partial charge in [-0.05, 0) is 127 Å². The number of fused-ring (bicyclic) bond motifs is 3. The number of nitrogens with zero attached hydrogens (tertiary/aromatic N) is 2. The van der Waals surface area contributed by atoms with Crippen molar-refractivity contribution in [1.82, 2.24) is 0 Å². The molecule has 2 aliphatic rings. The lowest BCUT2D eigenvalue weighted by Gasteiger charge is -2.39. The van der Waals surface area contributed by atoms with Gasteiger partial charge < -0.3 is 14.2 Å². The van der Waals surface area contributed by atoms with E-state index in [-0.39, 0.29) is 5.41 Å². The Kier molecular flexibility index (Phi) is 9.60. The van der Waals surface area contributed by atoms with Crippen LogP contribution in [0, 0.1) is 0 Å². The van der Waals surface area contributed by atoms with Crippen LogP contribution in [-0.4, -0.2) is 0 Å². The summed E-state index contributed by atoms with van der Waals surface area (Å²) >= 11 is 0. The van der Waals surface area contributed by atoms with E-state index in [1.54, 1.807) is 0 Å². The third-order valence-corrected chi connectivity index (χ3v) is 12.9. The summed E-state index contributed by atoms with van der Waals surface area (Å²) in [6.45, 7) is 0. The molecule has 10 rings (SSSR count). The molecule has 0 saturated heterocycles. The number of hydrogen-bond donors (Lipinski definition) is 0. The third-order valence-electron chi connectivity index (χ3n) is 12.9. The van der Waals surface area contributed by atoms with Crippen LogP contribution in [0.25, 0.3) is 21.9 Å². The summed E-state index contributed by atoms with van der Waals surface area (Å²) in [6, 6.07) is 64.8. The number of furan rings is 1. The second kappa shape index (κ2) is 15.5. The van der Waals surface area contributed by atoms with E-state index >= 15 is 0 Å². The fraction of sp³-hybridized carbons (Fsp3) is 0.222. The van der Waals surface area contributed by atoms with E-state index in [0.29, 0.717) is 5.92 Å². The van der Waals surface area contributed by atoms with Crippen LogP contribution in [0.5, 0.6) is 0 Å². The van der Waals surface area contributed by atoms with Crippen LogP contribution >= 0.6 is 0 Å². The van der Waals surface area contributed by atoms with Gasteiger partial charge in [0, 0.05) is 39.2 Å². The molecule has 2 saturated carbocycles. The lowest BCUT2D eigenvalue weighted by atomic mass is 9.65. The van der Waals surface area contributed by atoms with Crippen LogP contribution in [0.4, 0.5) is 34.1 Å². The predicted molar refractivity (Wildman–Crippen MR) is 239 cm³/mol. The maximum atomic E-state index is 6.42. The number of para-hydroxylation sites is 3. The maximum absolute atomic E-state index is 6.42. The Balaban J connectivity index is 1.04. The summed E-state index contributed by atoms with van der Waals surface area (Å²) in [7, 11) is 0. The first-order chi connectivity index (χ1) is 28.2. The quantitative estimate of drug-likeness (QED) is 0.147. The SMILES string of the molecule is c1ccc(N(c2ccccc2)c2ccc(C3(c4ccc(N(c5ccc(C6CCCCC6)cc5)c5cccc6oc7ccccc7c56)cc4)CCCCC3)cc2)cc1. The van der Waals surface area contributed by atoms with Crippen molar-refractivity contribution in [3.63, 3.8) is 0 Å². The van der Waals surface area contributed by atoms with Gasteiger partial charge in [-0.2, -0.15) is 0 Å². The summed E-state index contributed by atoms with van der Waals surface area (Å²) < 4.78 is 6.42. The van der Waals surface area contributed by atoms with Crippen molar-refractivity contribution < 1.29 is 4.42 Å². The molecular weight excluding hydrogens is 693 g/mol. The minimum absolute atomic E-state index is 0.0348. The summed E-state index contributed by atoms with van der Waals surface area (Å²) in [5, 5.41) is 2.30. The van der Waals surface area contributed by atoms with Crippen molar-refractivity contribution in [2.45, 2.75) is 75.5 Å². The van der Waals surface area contributed by atoms with E-state index in [1.807, 2.05) is 0 Å². The van der Waals surface area contributed by atoms with Crippen LogP contribution in [0.1, 0.15) is 86.8 Å². The molecule has 3 heteroatoms. The second-order valence-corrected chi connectivity index (χ2v) is 16.3. The van der Waals surface area contributed by atoms with Crippen molar-refractivity contribution in [1.29, 1.82) is 0 Å². The van der Waals surface area contributed by atoms with E-state index in [1.165, 1.54) is 79.4 Å². The van der Waals surface area contributed by atoms with E-state index in [9.17, 15) is 0 Å². The molecule has 0 N–H and O–H groups in total. The molecule has 282 valence electrons. The Morgan fingerprint density at radius 3 is 1.51 bits per heavy atom. The third kappa shape index (κ3) is 6.69.